The molecule has 0 heterocycles. The Balaban J connectivity index is 2.03. The summed E-state index contributed by atoms with van der Waals surface area (Å²) in [4.78, 5) is 23.6. The Morgan fingerprint density at radius 1 is 1.17 bits per heavy atom. The van der Waals surface area contributed by atoms with E-state index in [1.54, 1.807) is 30.3 Å². The lowest BCUT2D eigenvalue weighted by Gasteiger charge is -2.16. The standard InChI is InChI=1S/C17H16ClFN2O2/c18-14-7-2-1-5-12(14)10-15(17(20)23)21-16(22)9-11-4-3-6-13(19)8-11/h1-8,15H,9-10H2,(H2,20,23)(H,21,22)/t15-/m1/s1. The van der Waals surface area contributed by atoms with Crippen LogP contribution in [0.25, 0.3) is 0 Å². The zero-order chi connectivity index (χ0) is 16.8. The van der Waals surface area contributed by atoms with E-state index in [0.29, 0.717) is 16.1 Å². The molecule has 3 N–H and O–H groups in total. The lowest BCUT2D eigenvalue weighted by molar-refractivity contribution is -0.127. The highest BCUT2D eigenvalue weighted by molar-refractivity contribution is 6.31. The maximum atomic E-state index is 13.1. The van der Waals surface area contributed by atoms with Gasteiger partial charge in [-0.2, -0.15) is 0 Å². The molecule has 2 aromatic carbocycles. The van der Waals surface area contributed by atoms with E-state index in [0.717, 1.165) is 0 Å². The van der Waals surface area contributed by atoms with Crippen LogP contribution in [0.15, 0.2) is 48.5 Å². The van der Waals surface area contributed by atoms with Crippen molar-refractivity contribution < 1.29 is 14.0 Å². The number of hydrogen-bond acceptors (Lipinski definition) is 2. The van der Waals surface area contributed by atoms with Gasteiger partial charge in [0.2, 0.25) is 11.8 Å². The first-order valence-electron chi connectivity index (χ1n) is 7.02. The molecule has 0 radical (unpaired) electrons. The quantitative estimate of drug-likeness (QED) is 0.850. The summed E-state index contributed by atoms with van der Waals surface area (Å²) in [6.07, 6.45) is 0.161. The number of hydrogen-bond donors (Lipinski definition) is 2. The zero-order valence-corrected chi connectivity index (χ0v) is 13.0. The highest BCUT2D eigenvalue weighted by atomic mass is 35.5. The Bertz CT molecular complexity index is 721. The average molecular weight is 335 g/mol. The van der Waals surface area contributed by atoms with Crippen molar-refractivity contribution in [3.05, 3.63) is 70.5 Å². The Kier molecular flexibility index (Phi) is 5.71. The van der Waals surface area contributed by atoms with E-state index in [-0.39, 0.29) is 12.8 Å². The van der Waals surface area contributed by atoms with Crippen molar-refractivity contribution in [1.29, 1.82) is 0 Å². The number of halogens is 2. The van der Waals surface area contributed by atoms with E-state index in [9.17, 15) is 14.0 Å². The second kappa shape index (κ2) is 7.74. The number of nitrogens with two attached hydrogens (primary N) is 1. The van der Waals surface area contributed by atoms with Crippen LogP contribution in [0.5, 0.6) is 0 Å². The van der Waals surface area contributed by atoms with Gasteiger partial charge < -0.3 is 11.1 Å². The number of rotatable bonds is 6. The molecule has 120 valence electrons. The fourth-order valence-corrected chi connectivity index (χ4v) is 2.40. The third-order valence-corrected chi connectivity index (χ3v) is 3.68. The van der Waals surface area contributed by atoms with Gasteiger partial charge in [0.25, 0.3) is 0 Å². The predicted octanol–water partition coefficient (Wildman–Crippen LogP) is 2.23. The highest BCUT2D eigenvalue weighted by Crippen LogP contribution is 2.16. The van der Waals surface area contributed by atoms with Gasteiger partial charge in [-0.05, 0) is 29.3 Å². The molecule has 0 aliphatic carbocycles. The summed E-state index contributed by atoms with van der Waals surface area (Å²) in [5, 5.41) is 3.06. The second-order valence-electron chi connectivity index (χ2n) is 5.12. The fourth-order valence-electron chi connectivity index (χ4n) is 2.18. The molecule has 0 saturated carbocycles. The van der Waals surface area contributed by atoms with E-state index < -0.39 is 23.7 Å². The summed E-state index contributed by atoms with van der Waals surface area (Å²) >= 11 is 6.05. The minimum absolute atomic E-state index is 0.0376. The third-order valence-electron chi connectivity index (χ3n) is 3.31. The average Bonchev–Trinajstić information content (AvgIpc) is 2.48. The van der Waals surface area contributed by atoms with Gasteiger partial charge >= 0.3 is 0 Å². The van der Waals surface area contributed by atoms with Crippen LogP contribution < -0.4 is 11.1 Å². The monoisotopic (exact) mass is 334 g/mol. The van der Waals surface area contributed by atoms with Crippen LogP contribution in [-0.2, 0) is 22.4 Å². The lowest BCUT2D eigenvalue weighted by atomic mass is 10.0. The van der Waals surface area contributed by atoms with Crippen molar-refractivity contribution in [1.82, 2.24) is 5.32 Å². The molecule has 0 aliphatic rings. The molecule has 0 spiro atoms. The molecule has 0 bridgehead atoms. The van der Waals surface area contributed by atoms with Gasteiger partial charge in [0.05, 0.1) is 6.42 Å². The van der Waals surface area contributed by atoms with E-state index in [2.05, 4.69) is 5.32 Å². The van der Waals surface area contributed by atoms with Crippen molar-refractivity contribution in [2.45, 2.75) is 18.9 Å². The predicted molar refractivity (Wildman–Crippen MR) is 86.4 cm³/mol. The minimum atomic E-state index is -0.879. The fraction of sp³-hybridized carbons (Fsp3) is 0.176. The molecular formula is C17H16ClFN2O2. The van der Waals surface area contributed by atoms with E-state index in [1.165, 1.54) is 18.2 Å². The van der Waals surface area contributed by atoms with Crippen LogP contribution >= 0.6 is 11.6 Å². The van der Waals surface area contributed by atoms with Crippen molar-refractivity contribution >= 4 is 23.4 Å². The van der Waals surface area contributed by atoms with Crippen LogP contribution in [0.2, 0.25) is 5.02 Å². The molecule has 0 saturated heterocycles. The summed E-state index contributed by atoms with van der Waals surface area (Å²) in [5.74, 6) is -1.48. The summed E-state index contributed by atoms with van der Waals surface area (Å²) < 4.78 is 13.1. The van der Waals surface area contributed by atoms with Crippen LogP contribution in [-0.4, -0.2) is 17.9 Å². The van der Waals surface area contributed by atoms with Crippen LogP contribution in [0.1, 0.15) is 11.1 Å². The minimum Gasteiger partial charge on any atom is -0.368 e. The summed E-state index contributed by atoms with van der Waals surface area (Å²) in [5.41, 5.74) is 6.57. The number of nitrogens with one attached hydrogen (secondary N) is 1. The first-order valence-corrected chi connectivity index (χ1v) is 7.40. The van der Waals surface area contributed by atoms with Crippen molar-refractivity contribution in [3.63, 3.8) is 0 Å². The molecule has 2 aromatic rings. The summed E-state index contributed by atoms with van der Waals surface area (Å²) in [6, 6.07) is 11.9. The molecule has 4 nitrogen and oxygen atoms in total. The van der Waals surface area contributed by atoms with Gasteiger partial charge in [0.1, 0.15) is 11.9 Å². The summed E-state index contributed by atoms with van der Waals surface area (Å²) in [6.45, 7) is 0. The maximum absolute atomic E-state index is 13.1. The number of primary amides is 1. The molecule has 1 atom stereocenters. The molecule has 0 aromatic heterocycles. The lowest BCUT2D eigenvalue weighted by Crippen LogP contribution is -2.46. The van der Waals surface area contributed by atoms with E-state index in [1.807, 2.05) is 0 Å². The van der Waals surface area contributed by atoms with Crippen molar-refractivity contribution in [2.24, 2.45) is 5.73 Å². The van der Waals surface area contributed by atoms with Crippen LogP contribution in [0.4, 0.5) is 4.39 Å². The van der Waals surface area contributed by atoms with Gasteiger partial charge in [-0.1, -0.05) is 41.9 Å². The van der Waals surface area contributed by atoms with Crippen LogP contribution in [0, 0.1) is 5.82 Å². The Labute approximate surface area is 138 Å². The molecule has 2 rings (SSSR count). The number of amides is 2. The summed E-state index contributed by atoms with van der Waals surface area (Å²) in [7, 11) is 0. The smallest absolute Gasteiger partial charge is 0.240 e. The molecule has 23 heavy (non-hydrogen) atoms. The van der Waals surface area contributed by atoms with Crippen molar-refractivity contribution in [3.8, 4) is 0 Å². The van der Waals surface area contributed by atoms with Crippen LogP contribution in [0.3, 0.4) is 0 Å². The second-order valence-corrected chi connectivity index (χ2v) is 5.53. The van der Waals surface area contributed by atoms with Gasteiger partial charge in [0.15, 0.2) is 0 Å². The van der Waals surface area contributed by atoms with Gasteiger partial charge in [-0.3, -0.25) is 9.59 Å². The first kappa shape index (κ1) is 17.0. The molecule has 0 aliphatic heterocycles. The zero-order valence-electron chi connectivity index (χ0n) is 12.3. The molecule has 2 amide bonds. The van der Waals surface area contributed by atoms with Crippen molar-refractivity contribution in [2.75, 3.05) is 0 Å². The van der Waals surface area contributed by atoms with Gasteiger partial charge in [0, 0.05) is 11.4 Å². The Morgan fingerprint density at radius 2 is 1.91 bits per heavy atom. The molecule has 0 unspecified atom stereocenters. The van der Waals surface area contributed by atoms with Gasteiger partial charge in [-0.15, -0.1) is 0 Å². The molecular weight excluding hydrogens is 319 g/mol. The Hall–Kier alpha value is -2.40. The molecule has 0 fully saturated rings. The van der Waals surface area contributed by atoms with E-state index >= 15 is 0 Å². The Morgan fingerprint density at radius 3 is 2.57 bits per heavy atom. The first-order chi connectivity index (χ1) is 11.0. The topological polar surface area (TPSA) is 72.2 Å². The number of carbonyl (C=O) groups excluding carboxylic acids is 2. The van der Waals surface area contributed by atoms with E-state index in [4.69, 9.17) is 17.3 Å². The SMILES string of the molecule is NC(=O)[C@@H](Cc1ccccc1Cl)NC(=O)Cc1cccc(F)c1. The normalized spacial score (nSPS) is 11.7. The van der Waals surface area contributed by atoms with Gasteiger partial charge in [-0.25, -0.2) is 4.39 Å². The maximum Gasteiger partial charge on any atom is 0.240 e. The number of carbonyl (C=O) groups is 2. The highest BCUT2D eigenvalue weighted by Gasteiger charge is 2.19. The number of benzene rings is 2. The molecule has 6 heteroatoms. The largest absolute Gasteiger partial charge is 0.368 e. The third kappa shape index (κ3) is 5.07.